The number of ether oxygens (including phenoxy) is 2. The Morgan fingerprint density at radius 1 is 0.906 bits per heavy atom. The predicted octanol–water partition coefficient (Wildman–Crippen LogP) is 3.10. The molecule has 0 radical (unpaired) electrons. The topological polar surface area (TPSA) is 60.6 Å². The quantitative estimate of drug-likeness (QED) is 0.381. The van der Waals surface area contributed by atoms with Crippen molar-refractivity contribution in [2.24, 2.45) is 0 Å². The van der Waals surface area contributed by atoms with Gasteiger partial charge in [-0.25, -0.2) is 9.97 Å². The van der Waals surface area contributed by atoms with E-state index in [9.17, 15) is 0 Å². The van der Waals surface area contributed by atoms with Gasteiger partial charge in [-0.2, -0.15) is 0 Å². The largest absolute Gasteiger partial charge is 0.481 e. The van der Waals surface area contributed by atoms with Crippen molar-refractivity contribution in [3.63, 3.8) is 0 Å². The molecule has 0 aromatic carbocycles. The fourth-order valence-electron chi connectivity index (χ4n) is 3.98. The van der Waals surface area contributed by atoms with Crippen LogP contribution in [0.2, 0.25) is 0 Å². The Labute approximate surface area is 189 Å². The predicted molar refractivity (Wildman–Crippen MR) is 127 cm³/mol. The third-order valence-electron chi connectivity index (χ3n) is 5.79. The van der Waals surface area contributed by atoms with Gasteiger partial charge in [-0.1, -0.05) is 0 Å². The van der Waals surface area contributed by atoms with E-state index < -0.39 is 0 Å². The van der Waals surface area contributed by atoms with E-state index >= 15 is 0 Å². The van der Waals surface area contributed by atoms with Crippen molar-refractivity contribution in [1.82, 2.24) is 28.9 Å². The minimum absolute atomic E-state index is 0.642. The number of fused-ring (bicyclic) bond motifs is 2. The Bertz CT molecular complexity index is 1200. The van der Waals surface area contributed by atoms with Gasteiger partial charge >= 0.3 is 0 Å². The molecule has 0 saturated carbocycles. The highest BCUT2D eigenvalue weighted by Gasteiger charge is 2.13. The average molecular weight is 437 g/mol. The second-order valence-corrected chi connectivity index (χ2v) is 8.40. The van der Waals surface area contributed by atoms with Crippen LogP contribution in [0.4, 0.5) is 0 Å². The molecule has 0 aliphatic heterocycles. The molecule has 0 aliphatic rings. The molecule has 0 saturated heterocycles. The Morgan fingerprint density at radius 3 is 2.44 bits per heavy atom. The van der Waals surface area contributed by atoms with Gasteiger partial charge in [0, 0.05) is 62.6 Å². The van der Waals surface area contributed by atoms with E-state index in [0.29, 0.717) is 11.8 Å². The first-order valence-corrected chi connectivity index (χ1v) is 10.8. The van der Waals surface area contributed by atoms with Crippen LogP contribution < -0.4 is 9.47 Å². The van der Waals surface area contributed by atoms with Crippen LogP contribution in [0.15, 0.2) is 42.9 Å². The summed E-state index contributed by atoms with van der Waals surface area (Å²) in [7, 11) is 9.66. The first kappa shape index (κ1) is 22.1. The van der Waals surface area contributed by atoms with Crippen LogP contribution in [0.1, 0.15) is 5.56 Å². The summed E-state index contributed by atoms with van der Waals surface area (Å²) in [6.45, 7) is 4.56. The monoisotopic (exact) mass is 436 g/mol. The van der Waals surface area contributed by atoms with Gasteiger partial charge in [-0.05, 0) is 38.8 Å². The lowest BCUT2D eigenvalue weighted by Crippen LogP contribution is -2.22. The number of rotatable bonds is 10. The molecule has 0 aliphatic carbocycles. The van der Waals surface area contributed by atoms with Crippen LogP contribution in [0, 0.1) is 0 Å². The van der Waals surface area contributed by atoms with Gasteiger partial charge in [0.05, 0.1) is 37.0 Å². The van der Waals surface area contributed by atoms with Crippen molar-refractivity contribution in [1.29, 1.82) is 0 Å². The molecule has 4 heterocycles. The van der Waals surface area contributed by atoms with E-state index in [4.69, 9.17) is 9.47 Å². The summed E-state index contributed by atoms with van der Waals surface area (Å²) in [6, 6.07) is 8.06. The summed E-state index contributed by atoms with van der Waals surface area (Å²) in [4.78, 5) is 13.5. The summed E-state index contributed by atoms with van der Waals surface area (Å²) in [5.74, 6) is 1.29. The fourth-order valence-corrected chi connectivity index (χ4v) is 3.98. The Morgan fingerprint density at radius 2 is 1.69 bits per heavy atom. The van der Waals surface area contributed by atoms with Gasteiger partial charge in [-0.3, -0.25) is 0 Å². The van der Waals surface area contributed by atoms with Gasteiger partial charge in [0.2, 0.25) is 11.8 Å². The number of methoxy groups -OCH3 is 2. The zero-order valence-electron chi connectivity index (χ0n) is 19.6. The Kier molecular flexibility index (Phi) is 6.62. The maximum atomic E-state index is 5.38. The number of aromatic nitrogens is 4. The van der Waals surface area contributed by atoms with E-state index in [2.05, 4.69) is 68.5 Å². The highest BCUT2D eigenvalue weighted by Crippen LogP contribution is 2.25. The maximum Gasteiger partial charge on any atom is 0.213 e. The zero-order valence-corrected chi connectivity index (χ0v) is 19.6. The van der Waals surface area contributed by atoms with Crippen LogP contribution >= 0.6 is 0 Å². The number of hydrogen-bond donors (Lipinski definition) is 0. The number of likely N-dealkylation sites (N-methyl/N-ethyl adjacent to an activating group) is 2. The number of hydrogen-bond acceptors (Lipinski definition) is 6. The highest BCUT2D eigenvalue weighted by molar-refractivity contribution is 5.84. The number of pyridine rings is 2. The summed E-state index contributed by atoms with van der Waals surface area (Å²) in [5, 5.41) is 1.20. The van der Waals surface area contributed by atoms with Gasteiger partial charge in [0.25, 0.3) is 0 Å². The standard InChI is InChI=1S/C24H32N6O2/c1-27(2)10-12-30-17-18(19-14-24(32-5)25-15-22(19)30)16-28(3)11-13-29-9-8-20-21(29)6-7-23(26-20)31-4/h6-9,14-15,17H,10-13,16H2,1-5H3. The molecule has 4 rings (SSSR count). The van der Waals surface area contributed by atoms with Gasteiger partial charge in [0.15, 0.2) is 0 Å². The third kappa shape index (κ3) is 4.71. The molecule has 170 valence electrons. The lowest BCUT2D eigenvalue weighted by atomic mass is 10.2. The van der Waals surface area contributed by atoms with Crippen LogP contribution in [0.25, 0.3) is 21.9 Å². The molecule has 0 spiro atoms. The zero-order chi connectivity index (χ0) is 22.7. The van der Waals surface area contributed by atoms with Crippen LogP contribution in [0.3, 0.4) is 0 Å². The Balaban J connectivity index is 1.49. The lowest BCUT2D eigenvalue weighted by Gasteiger charge is -2.17. The first-order chi connectivity index (χ1) is 15.5. The van der Waals surface area contributed by atoms with Crippen LogP contribution in [-0.2, 0) is 19.6 Å². The lowest BCUT2D eigenvalue weighted by molar-refractivity contribution is 0.314. The normalized spacial score (nSPS) is 11.8. The van der Waals surface area contributed by atoms with Gasteiger partial charge in [-0.15, -0.1) is 0 Å². The summed E-state index contributed by atoms with van der Waals surface area (Å²) in [5.41, 5.74) is 4.50. The van der Waals surface area contributed by atoms with Crippen LogP contribution in [0.5, 0.6) is 11.8 Å². The van der Waals surface area contributed by atoms with E-state index in [-0.39, 0.29) is 0 Å². The molecule has 0 bridgehead atoms. The van der Waals surface area contributed by atoms with E-state index in [1.54, 1.807) is 14.2 Å². The molecule has 0 atom stereocenters. The van der Waals surface area contributed by atoms with Crippen molar-refractivity contribution >= 4 is 21.9 Å². The van der Waals surface area contributed by atoms with Gasteiger partial charge < -0.3 is 28.4 Å². The average Bonchev–Trinajstić information content (AvgIpc) is 3.36. The first-order valence-electron chi connectivity index (χ1n) is 10.8. The summed E-state index contributed by atoms with van der Waals surface area (Å²) < 4.78 is 15.2. The molecule has 0 N–H and O–H groups in total. The molecule has 4 aromatic rings. The molecule has 8 heteroatoms. The molecular weight excluding hydrogens is 404 g/mol. The fraction of sp³-hybridized carbons (Fsp3) is 0.417. The smallest absolute Gasteiger partial charge is 0.213 e. The van der Waals surface area contributed by atoms with Crippen LogP contribution in [-0.4, -0.2) is 77.4 Å². The van der Waals surface area contributed by atoms with E-state index in [0.717, 1.165) is 49.3 Å². The van der Waals surface area contributed by atoms with Gasteiger partial charge in [0.1, 0.15) is 0 Å². The van der Waals surface area contributed by atoms with Crippen molar-refractivity contribution in [3.05, 3.63) is 48.4 Å². The van der Waals surface area contributed by atoms with Crippen molar-refractivity contribution in [2.45, 2.75) is 19.6 Å². The SMILES string of the molecule is COc1cc2c(CN(C)CCn3ccc4nc(OC)ccc43)cn(CCN(C)C)c2cn1. The highest BCUT2D eigenvalue weighted by atomic mass is 16.5. The molecule has 0 unspecified atom stereocenters. The van der Waals surface area contributed by atoms with Crippen molar-refractivity contribution in [3.8, 4) is 11.8 Å². The second-order valence-electron chi connectivity index (χ2n) is 8.40. The maximum absolute atomic E-state index is 5.38. The molecule has 0 fully saturated rings. The molecular formula is C24H32N6O2. The molecule has 8 nitrogen and oxygen atoms in total. The van der Waals surface area contributed by atoms with E-state index in [1.807, 2.05) is 24.4 Å². The number of nitrogens with zero attached hydrogens (tertiary/aromatic N) is 6. The minimum atomic E-state index is 0.642. The molecule has 32 heavy (non-hydrogen) atoms. The third-order valence-corrected chi connectivity index (χ3v) is 5.79. The van der Waals surface area contributed by atoms with Crippen molar-refractivity contribution < 1.29 is 9.47 Å². The summed E-state index contributed by atoms with van der Waals surface area (Å²) >= 11 is 0. The summed E-state index contributed by atoms with van der Waals surface area (Å²) in [6.07, 6.45) is 6.27. The second kappa shape index (κ2) is 9.58. The minimum Gasteiger partial charge on any atom is -0.481 e. The van der Waals surface area contributed by atoms with E-state index in [1.165, 1.54) is 10.9 Å². The molecule has 4 aromatic heterocycles. The Hall–Kier alpha value is -3.10. The molecule has 0 amide bonds. The van der Waals surface area contributed by atoms with Crippen molar-refractivity contribution in [2.75, 3.05) is 48.5 Å².